The lowest BCUT2D eigenvalue weighted by Crippen LogP contribution is -2.47. The largest absolute Gasteiger partial charge is 0.452 e. The number of carbonyl (C=O) groups excluding carboxylic acids is 1. The zero-order chi connectivity index (χ0) is 10.9. The highest BCUT2D eigenvalue weighted by Gasteiger charge is 2.31. The number of halogens is 1. The molecule has 0 aliphatic carbocycles. The molecule has 2 N–H and O–H groups in total. The Labute approximate surface area is 93.0 Å². The van der Waals surface area contributed by atoms with Crippen molar-refractivity contribution in [3.8, 4) is 0 Å². The Morgan fingerprint density at radius 1 is 1.73 bits per heavy atom. The fourth-order valence-corrected chi connectivity index (χ4v) is 1.92. The van der Waals surface area contributed by atoms with Gasteiger partial charge in [0.15, 0.2) is 0 Å². The first kappa shape index (κ1) is 10.5. The average Bonchev–Trinajstić information content (AvgIpc) is 2.74. The number of amides is 1. The molecule has 1 amide bonds. The molecule has 5 heteroatoms. The minimum atomic E-state index is -0.183. The van der Waals surface area contributed by atoms with Crippen molar-refractivity contribution in [3.05, 3.63) is 23.1 Å². The van der Waals surface area contributed by atoms with Crippen LogP contribution in [0.2, 0.25) is 5.22 Å². The normalized spacial score (nSPS) is 25.5. The summed E-state index contributed by atoms with van der Waals surface area (Å²) in [6.07, 6.45) is 2.33. The van der Waals surface area contributed by atoms with Gasteiger partial charge in [-0.15, -0.1) is 0 Å². The van der Waals surface area contributed by atoms with E-state index in [1.165, 1.54) is 6.26 Å². The van der Waals surface area contributed by atoms with E-state index in [4.69, 9.17) is 16.0 Å². The van der Waals surface area contributed by atoms with Crippen molar-refractivity contribution in [2.45, 2.75) is 18.9 Å². The summed E-state index contributed by atoms with van der Waals surface area (Å²) in [6, 6.07) is 1.57. The van der Waals surface area contributed by atoms with Gasteiger partial charge in [-0.2, -0.15) is 0 Å². The van der Waals surface area contributed by atoms with E-state index in [0.717, 1.165) is 19.5 Å². The van der Waals surface area contributed by atoms with Gasteiger partial charge in [-0.25, -0.2) is 0 Å². The molecule has 1 aromatic heterocycles. The SMILES string of the molecule is CC1(NC(=O)c2ccoc2Cl)CCNC1. The summed E-state index contributed by atoms with van der Waals surface area (Å²) in [5.41, 5.74) is 0.210. The quantitative estimate of drug-likeness (QED) is 0.805. The second-order valence-corrected chi connectivity index (χ2v) is 4.39. The molecule has 1 aromatic rings. The van der Waals surface area contributed by atoms with Crippen molar-refractivity contribution in [2.75, 3.05) is 13.1 Å². The van der Waals surface area contributed by atoms with Crippen molar-refractivity contribution in [2.24, 2.45) is 0 Å². The molecule has 1 unspecified atom stereocenters. The van der Waals surface area contributed by atoms with Gasteiger partial charge in [-0.1, -0.05) is 0 Å². The number of hydrogen-bond donors (Lipinski definition) is 2. The number of nitrogens with one attached hydrogen (secondary N) is 2. The predicted molar refractivity (Wildman–Crippen MR) is 57.1 cm³/mol. The Balaban J connectivity index is 2.07. The van der Waals surface area contributed by atoms with E-state index in [-0.39, 0.29) is 16.7 Å². The maximum atomic E-state index is 11.8. The van der Waals surface area contributed by atoms with E-state index in [0.29, 0.717) is 5.56 Å². The molecule has 15 heavy (non-hydrogen) atoms. The van der Waals surface area contributed by atoms with Gasteiger partial charge in [0.05, 0.1) is 17.4 Å². The lowest BCUT2D eigenvalue weighted by molar-refractivity contribution is 0.0912. The highest BCUT2D eigenvalue weighted by Crippen LogP contribution is 2.19. The van der Waals surface area contributed by atoms with Crippen LogP contribution in [0, 0.1) is 0 Å². The Kier molecular flexibility index (Phi) is 2.71. The fraction of sp³-hybridized carbons (Fsp3) is 0.500. The van der Waals surface area contributed by atoms with Crippen LogP contribution in [0.4, 0.5) is 0 Å². The van der Waals surface area contributed by atoms with Crippen LogP contribution in [-0.4, -0.2) is 24.5 Å². The summed E-state index contributed by atoms with van der Waals surface area (Å²) in [7, 11) is 0. The van der Waals surface area contributed by atoms with Gasteiger partial charge in [0.2, 0.25) is 5.22 Å². The molecule has 1 aliphatic heterocycles. The summed E-state index contributed by atoms with van der Waals surface area (Å²) >= 11 is 5.72. The van der Waals surface area contributed by atoms with Crippen LogP contribution in [0.3, 0.4) is 0 Å². The molecular formula is C10H13ClN2O2. The standard InChI is InChI=1S/C10H13ClN2O2/c1-10(3-4-12-6-10)13-9(14)7-2-5-15-8(7)11/h2,5,12H,3-4,6H2,1H3,(H,13,14). The second-order valence-electron chi connectivity index (χ2n) is 4.05. The van der Waals surface area contributed by atoms with Gasteiger partial charge in [-0.05, 0) is 37.6 Å². The van der Waals surface area contributed by atoms with Gasteiger partial charge in [0.1, 0.15) is 0 Å². The number of hydrogen-bond acceptors (Lipinski definition) is 3. The van der Waals surface area contributed by atoms with E-state index in [9.17, 15) is 4.79 Å². The van der Waals surface area contributed by atoms with Crippen molar-refractivity contribution in [3.63, 3.8) is 0 Å². The lowest BCUT2D eigenvalue weighted by atomic mass is 10.0. The third-order valence-corrected chi connectivity index (χ3v) is 2.94. The molecule has 0 radical (unpaired) electrons. The topological polar surface area (TPSA) is 54.3 Å². The van der Waals surface area contributed by atoms with Gasteiger partial charge in [0, 0.05) is 6.54 Å². The number of rotatable bonds is 2. The predicted octanol–water partition coefficient (Wildman–Crippen LogP) is 1.41. The molecule has 1 aliphatic rings. The monoisotopic (exact) mass is 228 g/mol. The summed E-state index contributed by atoms with van der Waals surface area (Å²) in [4.78, 5) is 11.8. The zero-order valence-electron chi connectivity index (χ0n) is 8.47. The van der Waals surface area contributed by atoms with Crippen molar-refractivity contribution < 1.29 is 9.21 Å². The van der Waals surface area contributed by atoms with Gasteiger partial charge < -0.3 is 15.1 Å². The zero-order valence-corrected chi connectivity index (χ0v) is 9.23. The molecule has 0 spiro atoms. The average molecular weight is 229 g/mol. The Morgan fingerprint density at radius 2 is 2.53 bits per heavy atom. The second kappa shape index (κ2) is 3.87. The molecular weight excluding hydrogens is 216 g/mol. The van der Waals surface area contributed by atoms with Crippen LogP contribution in [0.5, 0.6) is 0 Å². The van der Waals surface area contributed by atoms with Crippen LogP contribution in [0.15, 0.2) is 16.7 Å². The third-order valence-electron chi connectivity index (χ3n) is 2.65. The molecule has 0 bridgehead atoms. The van der Waals surface area contributed by atoms with E-state index in [1.54, 1.807) is 6.07 Å². The van der Waals surface area contributed by atoms with Crippen molar-refractivity contribution >= 4 is 17.5 Å². The van der Waals surface area contributed by atoms with Crippen LogP contribution >= 0.6 is 11.6 Å². The molecule has 2 rings (SSSR count). The van der Waals surface area contributed by atoms with E-state index < -0.39 is 0 Å². The molecule has 2 heterocycles. The maximum Gasteiger partial charge on any atom is 0.256 e. The van der Waals surface area contributed by atoms with Gasteiger partial charge in [-0.3, -0.25) is 4.79 Å². The van der Waals surface area contributed by atoms with Crippen molar-refractivity contribution in [1.29, 1.82) is 0 Å². The van der Waals surface area contributed by atoms with Crippen LogP contribution in [-0.2, 0) is 0 Å². The highest BCUT2D eigenvalue weighted by molar-refractivity contribution is 6.32. The summed E-state index contributed by atoms with van der Waals surface area (Å²) in [5.74, 6) is -0.181. The molecule has 1 fully saturated rings. The summed E-state index contributed by atoms with van der Waals surface area (Å²) in [5, 5.41) is 6.30. The van der Waals surface area contributed by atoms with Crippen molar-refractivity contribution in [1.82, 2.24) is 10.6 Å². The molecule has 0 aromatic carbocycles. The Hall–Kier alpha value is -1.00. The lowest BCUT2D eigenvalue weighted by Gasteiger charge is -2.24. The first-order chi connectivity index (χ1) is 7.11. The molecule has 1 atom stereocenters. The smallest absolute Gasteiger partial charge is 0.256 e. The molecule has 82 valence electrons. The summed E-state index contributed by atoms with van der Waals surface area (Å²) < 4.78 is 4.87. The van der Waals surface area contributed by atoms with E-state index >= 15 is 0 Å². The number of furan rings is 1. The molecule has 4 nitrogen and oxygen atoms in total. The highest BCUT2D eigenvalue weighted by atomic mass is 35.5. The fourth-order valence-electron chi connectivity index (χ4n) is 1.72. The molecule has 1 saturated heterocycles. The van der Waals surface area contributed by atoms with E-state index in [1.807, 2.05) is 6.92 Å². The van der Waals surface area contributed by atoms with Crippen LogP contribution in [0.1, 0.15) is 23.7 Å². The maximum absolute atomic E-state index is 11.8. The van der Waals surface area contributed by atoms with Gasteiger partial charge in [0.25, 0.3) is 5.91 Å². The number of carbonyl (C=O) groups is 1. The Bertz CT molecular complexity index is 369. The Morgan fingerprint density at radius 3 is 3.07 bits per heavy atom. The molecule has 0 saturated carbocycles. The van der Waals surface area contributed by atoms with E-state index in [2.05, 4.69) is 10.6 Å². The van der Waals surface area contributed by atoms with Crippen LogP contribution < -0.4 is 10.6 Å². The summed E-state index contributed by atoms with van der Waals surface area (Å²) in [6.45, 7) is 3.73. The third kappa shape index (κ3) is 2.16. The first-order valence-electron chi connectivity index (χ1n) is 4.87. The van der Waals surface area contributed by atoms with Gasteiger partial charge >= 0.3 is 0 Å². The minimum absolute atomic E-state index is 0.141. The first-order valence-corrected chi connectivity index (χ1v) is 5.25. The van der Waals surface area contributed by atoms with Crippen LogP contribution in [0.25, 0.3) is 0 Å². The minimum Gasteiger partial charge on any atom is -0.452 e.